The summed E-state index contributed by atoms with van der Waals surface area (Å²) in [5.41, 5.74) is 4.09. The largest absolute Gasteiger partial charge is 0.480 e. The summed E-state index contributed by atoms with van der Waals surface area (Å²) in [5, 5.41) is 11.7. The molecular weight excluding hydrogens is 408 g/mol. The third kappa shape index (κ3) is 4.40. The molecule has 170 valence electrons. The molecule has 2 N–H and O–H groups in total. The first-order chi connectivity index (χ1) is 15.3. The molecule has 1 aromatic heterocycles. The highest BCUT2D eigenvalue weighted by Crippen LogP contribution is 2.31. The highest BCUT2D eigenvalue weighted by molar-refractivity contribution is 5.91. The molecule has 8 nitrogen and oxygen atoms in total. The Bertz CT molecular complexity index is 1020. The molecule has 1 aromatic carbocycles. The molecule has 1 aliphatic heterocycles. The molecule has 0 radical (unpaired) electrons. The summed E-state index contributed by atoms with van der Waals surface area (Å²) < 4.78 is 2.06. The number of hydrogen-bond donors (Lipinski definition) is 2. The number of nitrogens with zero attached hydrogens (tertiary/aromatic N) is 3. The molecule has 1 fully saturated rings. The van der Waals surface area contributed by atoms with E-state index in [1.807, 2.05) is 12.1 Å². The second-order valence-electron chi connectivity index (χ2n) is 8.93. The van der Waals surface area contributed by atoms with Crippen LogP contribution in [0.3, 0.4) is 0 Å². The number of carbonyl (C=O) groups excluding carboxylic acids is 2. The molecule has 1 saturated carbocycles. The Hall–Kier alpha value is -3.16. The SMILES string of the molecule is Cc1ccccc1Cn1cnc2c1CN(C(=O)C1CCCC1)C(C(=O)NC(C)C(=O)O)C2. The minimum Gasteiger partial charge on any atom is -0.480 e. The zero-order valence-corrected chi connectivity index (χ0v) is 18.6. The van der Waals surface area contributed by atoms with E-state index in [0.29, 0.717) is 13.1 Å². The van der Waals surface area contributed by atoms with Gasteiger partial charge >= 0.3 is 5.97 Å². The number of carboxylic acid groups (broad SMARTS) is 1. The summed E-state index contributed by atoms with van der Waals surface area (Å²) in [6, 6.07) is 6.39. The first kappa shape index (κ1) is 22.0. The lowest BCUT2D eigenvalue weighted by Gasteiger charge is -2.36. The fourth-order valence-corrected chi connectivity index (χ4v) is 4.72. The Morgan fingerprint density at radius 2 is 1.94 bits per heavy atom. The molecule has 0 saturated heterocycles. The van der Waals surface area contributed by atoms with Gasteiger partial charge in [0.25, 0.3) is 0 Å². The summed E-state index contributed by atoms with van der Waals surface area (Å²) in [6.45, 7) is 4.44. The van der Waals surface area contributed by atoms with E-state index in [1.165, 1.54) is 18.1 Å². The van der Waals surface area contributed by atoms with E-state index < -0.39 is 24.0 Å². The highest BCUT2D eigenvalue weighted by atomic mass is 16.4. The van der Waals surface area contributed by atoms with Crippen molar-refractivity contribution in [2.75, 3.05) is 0 Å². The molecule has 2 heterocycles. The fourth-order valence-electron chi connectivity index (χ4n) is 4.72. The van der Waals surface area contributed by atoms with Crippen LogP contribution in [0.5, 0.6) is 0 Å². The number of rotatable bonds is 6. The van der Waals surface area contributed by atoms with Crippen molar-refractivity contribution in [3.05, 3.63) is 53.1 Å². The lowest BCUT2D eigenvalue weighted by Crippen LogP contribution is -2.56. The van der Waals surface area contributed by atoms with E-state index in [0.717, 1.165) is 37.1 Å². The van der Waals surface area contributed by atoms with E-state index in [4.69, 9.17) is 0 Å². The number of nitrogens with one attached hydrogen (secondary N) is 1. The van der Waals surface area contributed by atoms with Crippen LogP contribution in [0.15, 0.2) is 30.6 Å². The van der Waals surface area contributed by atoms with Crippen LogP contribution in [0, 0.1) is 12.8 Å². The second-order valence-corrected chi connectivity index (χ2v) is 8.93. The Morgan fingerprint density at radius 3 is 2.62 bits per heavy atom. The number of carboxylic acids is 1. The van der Waals surface area contributed by atoms with E-state index in [2.05, 4.69) is 33.9 Å². The monoisotopic (exact) mass is 438 g/mol. The predicted molar refractivity (Wildman–Crippen MR) is 118 cm³/mol. The van der Waals surface area contributed by atoms with Crippen molar-refractivity contribution in [1.82, 2.24) is 19.8 Å². The van der Waals surface area contributed by atoms with Gasteiger partial charge in [0.15, 0.2) is 0 Å². The number of carbonyl (C=O) groups is 3. The van der Waals surface area contributed by atoms with Gasteiger partial charge in [-0.1, -0.05) is 37.1 Å². The molecule has 4 rings (SSSR count). The first-order valence-corrected chi connectivity index (χ1v) is 11.3. The standard InChI is InChI=1S/C24H30N4O4/c1-15-7-3-4-10-18(15)12-27-14-25-19-11-20(22(29)26-16(2)24(31)32)28(13-21(19)27)23(30)17-8-5-6-9-17/h3-4,7,10,14,16-17,20H,5-6,8-9,11-13H2,1-2H3,(H,26,29)(H,31,32). The van der Waals surface area contributed by atoms with Crippen LogP contribution >= 0.6 is 0 Å². The first-order valence-electron chi connectivity index (χ1n) is 11.3. The van der Waals surface area contributed by atoms with E-state index in [-0.39, 0.29) is 18.2 Å². The van der Waals surface area contributed by atoms with Crippen LogP contribution in [0.2, 0.25) is 0 Å². The second kappa shape index (κ2) is 9.14. The van der Waals surface area contributed by atoms with Crippen LogP contribution in [0.1, 0.15) is 55.1 Å². The molecule has 1 aliphatic carbocycles. The molecule has 2 atom stereocenters. The topological polar surface area (TPSA) is 105 Å². The maximum atomic E-state index is 13.4. The lowest BCUT2D eigenvalue weighted by atomic mass is 9.97. The van der Waals surface area contributed by atoms with Crippen LogP contribution in [0.25, 0.3) is 0 Å². The van der Waals surface area contributed by atoms with E-state index in [1.54, 1.807) is 11.2 Å². The maximum Gasteiger partial charge on any atom is 0.325 e. The molecular formula is C24H30N4O4. The third-order valence-electron chi connectivity index (χ3n) is 6.74. The number of hydrogen-bond acceptors (Lipinski definition) is 4. The van der Waals surface area contributed by atoms with Gasteiger partial charge in [0, 0.05) is 18.9 Å². The van der Waals surface area contributed by atoms with Crippen molar-refractivity contribution in [2.45, 2.75) is 71.1 Å². The molecule has 32 heavy (non-hydrogen) atoms. The average Bonchev–Trinajstić information content (AvgIpc) is 3.44. The van der Waals surface area contributed by atoms with Crippen molar-refractivity contribution in [3.63, 3.8) is 0 Å². The van der Waals surface area contributed by atoms with Gasteiger partial charge in [-0.25, -0.2) is 4.98 Å². The number of aromatic nitrogens is 2. The fraction of sp³-hybridized carbons (Fsp3) is 0.500. The van der Waals surface area contributed by atoms with Crippen LogP contribution in [-0.2, 0) is 33.9 Å². The summed E-state index contributed by atoms with van der Waals surface area (Å²) in [5.74, 6) is -1.63. The van der Waals surface area contributed by atoms with Crippen LogP contribution in [-0.4, -0.2) is 49.4 Å². The summed E-state index contributed by atoms with van der Waals surface area (Å²) in [7, 11) is 0. The zero-order valence-electron chi connectivity index (χ0n) is 18.6. The van der Waals surface area contributed by atoms with Crippen molar-refractivity contribution < 1.29 is 19.5 Å². The Labute approximate surface area is 187 Å². The predicted octanol–water partition coefficient (Wildman–Crippen LogP) is 2.27. The molecule has 8 heteroatoms. The van der Waals surface area contributed by atoms with Crippen molar-refractivity contribution in [2.24, 2.45) is 5.92 Å². The van der Waals surface area contributed by atoms with Crippen molar-refractivity contribution in [1.29, 1.82) is 0 Å². The van der Waals surface area contributed by atoms with E-state index in [9.17, 15) is 19.5 Å². The summed E-state index contributed by atoms with van der Waals surface area (Å²) in [6.07, 6.45) is 5.78. The normalized spacial score (nSPS) is 19.4. The number of benzene rings is 1. The Balaban J connectivity index is 1.62. The molecule has 2 aliphatic rings. The van der Waals surface area contributed by atoms with Gasteiger partial charge in [-0.3, -0.25) is 14.4 Å². The lowest BCUT2D eigenvalue weighted by molar-refractivity contribution is -0.147. The summed E-state index contributed by atoms with van der Waals surface area (Å²) >= 11 is 0. The average molecular weight is 439 g/mol. The van der Waals surface area contributed by atoms with Gasteiger partial charge in [0.05, 0.1) is 24.3 Å². The molecule has 2 amide bonds. The van der Waals surface area contributed by atoms with Gasteiger partial charge in [0.1, 0.15) is 12.1 Å². The smallest absolute Gasteiger partial charge is 0.325 e. The highest BCUT2D eigenvalue weighted by Gasteiger charge is 2.40. The molecule has 0 bridgehead atoms. The maximum absolute atomic E-state index is 13.4. The zero-order chi connectivity index (χ0) is 22.8. The summed E-state index contributed by atoms with van der Waals surface area (Å²) in [4.78, 5) is 43.8. The molecule has 2 unspecified atom stereocenters. The quantitative estimate of drug-likeness (QED) is 0.720. The van der Waals surface area contributed by atoms with Gasteiger partial charge in [0.2, 0.25) is 11.8 Å². The van der Waals surface area contributed by atoms with Gasteiger partial charge in [-0.05, 0) is 37.8 Å². The van der Waals surface area contributed by atoms with E-state index >= 15 is 0 Å². The van der Waals surface area contributed by atoms with Crippen LogP contribution in [0.4, 0.5) is 0 Å². The number of fused-ring (bicyclic) bond motifs is 1. The number of amides is 2. The Kier molecular flexibility index (Phi) is 6.30. The molecule has 0 spiro atoms. The number of aliphatic carboxylic acids is 1. The third-order valence-corrected chi connectivity index (χ3v) is 6.74. The Morgan fingerprint density at radius 1 is 1.22 bits per heavy atom. The van der Waals surface area contributed by atoms with Crippen LogP contribution < -0.4 is 5.32 Å². The minimum absolute atomic E-state index is 0.0140. The van der Waals surface area contributed by atoms with Crippen molar-refractivity contribution in [3.8, 4) is 0 Å². The molecule has 2 aromatic rings. The van der Waals surface area contributed by atoms with Crippen molar-refractivity contribution >= 4 is 17.8 Å². The van der Waals surface area contributed by atoms with Gasteiger partial charge in [-0.2, -0.15) is 0 Å². The van der Waals surface area contributed by atoms with Gasteiger partial charge in [-0.15, -0.1) is 0 Å². The number of imidazole rings is 1. The van der Waals surface area contributed by atoms with Gasteiger partial charge < -0.3 is 19.9 Å². The minimum atomic E-state index is -1.11. The number of aryl methyl sites for hydroxylation is 1.